The van der Waals surface area contributed by atoms with Gasteiger partial charge in [0.2, 0.25) is 0 Å². The molecule has 1 aliphatic heterocycles. The number of rotatable bonds is 6. The molecule has 1 aromatic rings. The van der Waals surface area contributed by atoms with Gasteiger partial charge in [-0.2, -0.15) is 5.26 Å². The van der Waals surface area contributed by atoms with E-state index >= 15 is 0 Å². The summed E-state index contributed by atoms with van der Waals surface area (Å²) < 4.78 is 0. The number of allylic oxidation sites excluding steroid dienone is 1. The third-order valence-corrected chi connectivity index (χ3v) is 3.91. The monoisotopic (exact) mass is 270 g/mol. The molecule has 0 aliphatic carbocycles. The summed E-state index contributed by atoms with van der Waals surface area (Å²) in [4.78, 5) is 0. The first kappa shape index (κ1) is 14.6. The van der Waals surface area contributed by atoms with Crippen LogP contribution in [-0.2, 0) is 6.61 Å². The smallest absolute Gasteiger partial charge is 0.0968 e. The van der Waals surface area contributed by atoms with Crippen molar-refractivity contribution in [3.8, 4) is 6.07 Å². The predicted octanol–water partition coefficient (Wildman–Crippen LogP) is 4.07. The van der Waals surface area contributed by atoms with Crippen molar-refractivity contribution in [3.63, 3.8) is 0 Å². The molecule has 1 unspecified atom stereocenters. The molecule has 0 saturated heterocycles. The fraction of sp³-hybridized carbons (Fsp3) is 0.471. The molecule has 1 aliphatic rings. The Hall–Kier alpha value is -1.79. The van der Waals surface area contributed by atoms with Gasteiger partial charge in [0.25, 0.3) is 0 Å². The van der Waals surface area contributed by atoms with E-state index in [-0.39, 0.29) is 12.5 Å². The fourth-order valence-electron chi connectivity index (χ4n) is 2.75. The van der Waals surface area contributed by atoms with Gasteiger partial charge in [-0.1, -0.05) is 44.7 Å². The van der Waals surface area contributed by atoms with Gasteiger partial charge in [-0.05, 0) is 23.6 Å². The normalized spacial score (nSPS) is 16.9. The van der Waals surface area contributed by atoms with Gasteiger partial charge in [0.15, 0.2) is 0 Å². The SMILES string of the molecule is CCCCCCC1C(C#N)=CNc2ccc(CO)cc21. The van der Waals surface area contributed by atoms with Crippen LogP contribution in [0.5, 0.6) is 0 Å². The molecule has 3 nitrogen and oxygen atoms in total. The summed E-state index contributed by atoms with van der Waals surface area (Å²) in [6, 6.07) is 8.25. The molecule has 0 fully saturated rings. The number of nitrogens with one attached hydrogen (secondary N) is 1. The van der Waals surface area contributed by atoms with Crippen molar-refractivity contribution in [2.75, 3.05) is 5.32 Å². The highest BCUT2D eigenvalue weighted by molar-refractivity contribution is 5.63. The van der Waals surface area contributed by atoms with Gasteiger partial charge in [0, 0.05) is 17.8 Å². The lowest BCUT2D eigenvalue weighted by atomic mass is 9.84. The maximum atomic E-state index is 9.31. The Balaban J connectivity index is 2.19. The van der Waals surface area contributed by atoms with Gasteiger partial charge < -0.3 is 10.4 Å². The van der Waals surface area contributed by atoms with E-state index in [2.05, 4.69) is 18.3 Å². The second-order valence-electron chi connectivity index (χ2n) is 5.34. The molecule has 0 amide bonds. The van der Waals surface area contributed by atoms with E-state index in [1.165, 1.54) is 19.3 Å². The Kier molecular flexibility index (Phi) is 5.20. The van der Waals surface area contributed by atoms with Crippen molar-refractivity contribution in [1.82, 2.24) is 0 Å². The Morgan fingerprint density at radius 1 is 1.30 bits per heavy atom. The molecule has 0 saturated carbocycles. The highest BCUT2D eigenvalue weighted by atomic mass is 16.3. The summed E-state index contributed by atoms with van der Waals surface area (Å²) in [6.07, 6.45) is 7.65. The van der Waals surface area contributed by atoms with Crippen LogP contribution in [0.25, 0.3) is 0 Å². The summed E-state index contributed by atoms with van der Waals surface area (Å²) in [7, 11) is 0. The van der Waals surface area contributed by atoms with E-state index in [1.807, 2.05) is 24.4 Å². The molecule has 1 aromatic carbocycles. The number of nitrogens with zero attached hydrogens (tertiary/aromatic N) is 1. The number of nitriles is 1. The van der Waals surface area contributed by atoms with Crippen molar-refractivity contribution < 1.29 is 5.11 Å². The van der Waals surface area contributed by atoms with Crippen LogP contribution in [0, 0.1) is 11.3 Å². The van der Waals surface area contributed by atoms with Gasteiger partial charge >= 0.3 is 0 Å². The van der Waals surface area contributed by atoms with Gasteiger partial charge in [0.05, 0.1) is 18.2 Å². The van der Waals surface area contributed by atoms with Gasteiger partial charge in [-0.25, -0.2) is 0 Å². The lowest BCUT2D eigenvalue weighted by Crippen LogP contribution is -2.12. The molecule has 1 atom stereocenters. The minimum Gasteiger partial charge on any atom is -0.392 e. The molecular weight excluding hydrogens is 248 g/mol. The summed E-state index contributed by atoms with van der Waals surface area (Å²) in [5.41, 5.74) is 3.90. The summed E-state index contributed by atoms with van der Waals surface area (Å²) in [5.74, 6) is 0.166. The predicted molar refractivity (Wildman–Crippen MR) is 81.2 cm³/mol. The average Bonchev–Trinajstić information content (AvgIpc) is 2.50. The summed E-state index contributed by atoms with van der Waals surface area (Å²) in [6.45, 7) is 2.25. The van der Waals surface area contributed by atoms with E-state index in [1.54, 1.807) is 0 Å². The van der Waals surface area contributed by atoms with Crippen LogP contribution in [0.15, 0.2) is 30.0 Å². The molecule has 0 bridgehead atoms. The van der Waals surface area contributed by atoms with Crippen LogP contribution in [0.2, 0.25) is 0 Å². The minimum atomic E-state index is 0.0431. The Bertz CT molecular complexity index is 528. The highest BCUT2D eigenvalue weighted by Gasteiger charge is 2.23. The van der Waals surface area contributed by atoms with E-state index in [0.29, 0.717) is 0 Å². The first-order valence-electron chi connectivity index (χ1n) is 7.40. The number of aliphatic hydroxyl groups excluding tert-OH is 1. The van der Waals surface area contributed by atoms with Crippen LogP contribution >= 0.6 is 0 Å². The maximum absolute atomic E-state index is 9.31. The van der Waals surface area contributed by atoms with Crippen molar-refractivity contribution >= 4 is 5.69 Å². The summed E-state index contributed by atoms with van der Waals surface area (Å²) >= 11 is 0. The third-order valence-electron chi connectivity index (χ3n) is 3.91. The van der Waals surface area contributed by atoms with Gasteiger partial charge in [0.1, 0.15) is 0 Å². The van der Waals surface area contributed by atoms with E-state index in [4.69, 9.17) is 0 Å². The number of unbranched alkanes of at least 4 members (excludes halogenated alkanes) is 3. The Morgan fingerprint density at radius 3 is 2.85 bits per heavy atom. The van der Waals surface area contributed by atoms with E-state index < -0.39 is 0 Å². The lowest BCUT2D eigenvalue weighted by molar-refractivity contribution is 0.281. The van der Waals surface area contributed by atoms with E-state index in [9.17, 15) is 10.4 Å². The second kappa shape index (κ2) is 7.12. The van der Waals surface area contributed by atoms with Crippen molar-refractivity contribution in [1.29, 1.82) is 5.26 Å². The average molecular weight is 270 g/mol. The molecule has 0 radical (unpaired) electrons. The molecule has 1 heterocycles. The minimum absolute atomic E-state index is 0.0431. The van der Waals surface area contributed by atoms with E-state index in [0.717, 1.165) is 35.2 Å². The molecule has 106 valence electrons. The largest absolute Gasteiger partial charge is 0.392 e. The van der Waals surface area contributed by atoms with Crippen LogP contribution < -0.4 is 5.32 Å². The van der Waals surface area contributed by atoms with Crippen LogP contribution in [0.3, 0.4) is 0 Å². The quantitative estimate of drug-likeness (QED) is 0.766. The zero-order valence-corrected chi connectivity index (χ0v) is 12.0. The third kappa shape index (κ3) is 3.20. The molecule has 2 rings (SSSR count). The number of anilines is 1. The van der Waals surface area contributed by atoms with Crippen LogP contribution in [0.4, 0.5) is 5.69 Å². The van der Waals surface area contributed by atoms with Crippen LogP contribution in [-0.4, -0.2) is 5.11 Å². The zero-order chi connectivity index (χ0) is 14.4. The molecular formula is C17H22N2O. The number of aliphatic hydroxyl groups is 1. The van der Waals surface area contributed by atoms with Gasteiger partial charge in [-0.3, -0.25) is 0 Å². The lowest BCUT2D eigenvalue weighted by Gasteiger charge is -2.25. The first-order chi connectivity index (χ1) is 9.80. The first-order valence-corrected chi connectivity index (χ1v) is 7.40. The van der Waals surface area contributed by atoms with Gasteiger partial charge in [-0.15, -0.1) is 0 Å². The number of benzene rings is 1. The number of fused-ring (bicyclic) bond motifs is 1. The maximum Gasteiger partial charge on any atom is 0.0968 e. The second-order valence-corrected chi connectivity index (χ2v) is 5.34. The Morgan fingerprint density at radius 2 is 2.15 bits per heavy atom. The van der Waals surface area contributed by atoms with Crippen molar-refractivity contribution in [2.24, 2.45) is 0 Å². The number of hydrogen-bond acceptors (Lipinski definition) is 3. The molecule has 0 spiro atoms. The molecule has 0 aromatic heterocycles. The summed E-state index contributed by atoms with van der Waals surface area (Å²) in [5, 5.41) is 21.8. The molecule has 20 heavy (non-hydrogen) atoms. The van der Waals surface area contributed by atoms with Crippen molar-refractivity contribution in [3.05, 3.63) is 41.1 Å². The molecule has 3 heteroatoms. The zero-order valence-electron chi connectivity index (χ0n) is 12.0. The standard InChI is InChI=1S/C17H22N2O/c1-2-3-4-5-6-15-14(10-18)11-19-17-8-7-13(12-20)9-16(15)17/h7-9,11,15,19-20H,2-6,12H2,1H3. The number of hydrogen-bond donors (Lipinski definition) is 2. The fourth-order valence-corrected chi connectivity index (χ4v) is 2.75. The highest BCUT2D eigenvalue weighted by Crippen LogP contribution is 2.38. The van der Waals surface area contributed by atoms with Crippen LogP contribution in [0.1, 0.15) is 56.1 Å². The topological polar surface area (TPSA) is 56.0 Å². The Labute approximate surface area is 120 Å². The van der Waals surface area contributed by atoms with Crippen molar-refractivity contribution in [2.45, 2.75) is 51.6 Å². The molecule has 2 N–H and O–H groups in total.